The lowest BCUT2D eigenvalue weighted by Gasteiger charge is -2.28. The van der Waals surface area contributed by atoms with Crippen LogP contribution >= 0.6 is 0 Å². The minimum atomic E-state index is 0.538. The molecule has 1 atom stereocenters. The van der Waals surface area contributed by atoms with Crippen molar-refractivity contribution < 1.29 is 0 Å². The summed E-state index contributed by atoms with van der Waals surface area (Å²) in [5.41, 5.74) is 0. The SMILES string of the molecule is BC(C)(C)CCCC(C)CC1CCC1. The fraction of sp³-hybridized carbons (Fsp3) is 1.00. The van der Waals surface area contributed by atoms with Gasteiger partial charge < -0.3 is 0 Å². The fourth-order valence-corrected chi connectivity index (χ4v) is 2.40. The molecule has 0 heterocycles. The van der Waals surface area contributed by atoms with E-state index in [2.05, 4.69) is 28.6 Å². The highest BCUT2D eigenvalue weighted by Crippen LogP contribution is 2.34. The maximum Gasteiger partial charge on any atom is 0.108 e. The third kappa shape index (κ3) is 5.07. The molecule has 1 rings (SSSR count). The van der Waals surface area contributed by atoms with Crippen LogP contribution in [-0.2, 0) is 0 Å². The van der Waals surface area contributed by atoms with Crippen molar-refractivity contribution in [2.75, 3.05) is 0 Å². The van der Waals surface area contributed by atoms with Crippen LogP contribution < -0.4 is 0 Å². The summed E-state index contributed by atoms with van der Waals surface area (Å²) in [6.07, 6.45) is 10.3. The maximum atomic E-state index is 2.45. The molecule has 1 fully saturated rings. The molecule has 0 aliphatic heterocycles. The molecule has 0 bridgehead atoms. The van der Waals surface area contributed by atoms with Crippen LogP contribution in [-0.4, -0.2) is 7.85 Å². The Hall–Kier alpha value is 0.0649. The summed E-state index contributed by atoms with van der Waals surface area (Å²) in [6.45, 7) is 7.15. The fourth-order valence-electron chi connectivity index (χ4n) is 2.40. The largest absolute Gasteiger partial charge is 0.108 e. The monoisotopic (exact) mass is 194 g/mol. The van der Waals surface area contributed by atoms with Crippen molar-refractivity contribution in [3.8, 4) is 0 Å². The van der Waals surface area contributed by atoms with Gasteiger partial charge in [0, 0.05) is 0 Å². The second-order valence-corrected chi connectivity index (χ2v) is 6.59. The standard InChI is InChI=1S/C13H27B/c1-11(10-12-7-4-8-12)6-5-9-13(2,3)14/h11-12H,4-10,14H2,1-3H3. The molecule has 0 radical (unpaired) electrons. The van der Waals surface area contributed by atoms with E-state index in [9.17, 15) is 0 Å². The van der Waals surface area contributed by atoms with Crippen molar-refractivity contribution in [3.05, 3.63) is 0 Å². The van der Waals surface area contributed by atoms with Gasteiger partial charge in [-0.15, -0.1) is 0 Å². The second kappa shape index (κ2) is 5.23. The Morgan fingerprint density at radius 2 is 2.00 bits per heavy atom. The van der Waals surface area contributed by atoms with E-state index in [1.54, 1.807) is 0 Å². The van der Waals surface area contributed by atoms with Crippen LogP contribution in [0.5, 0.6) is 0 Å². The van der Waals surface area contributed by atoms with Crippen LogP contribution in [0.15, 0.2) is 0 Å². The Kier molecular flexibility index (Phi) is 4.54. The van der Waals surface area contributed by atoms with E-state index in [-0.39, 0.29) is 0 Å². The van der Waals surface area contributed by atoms with Gasteiger partial charge in [-0.05, 0) is 18.3 Å². The van der Waals surface area contributed by atoms with Gasteiger partial charge in [-0.1, -0.05) is 64.6 Å². The molecule has 1 aliphatic carbocycles. The van der Waals surface area contributed by atoms with Gasteiger partial charge in [-0.25, -0.2) is 0 Å². The molecule has 82 valence electrons. The zero-order valence-electron chi connectivity index (χ0n) is 10.6. The van der Waals surface area contributed by atoms with E-state index in [1.165, 1.54) is 44.9 Å². The van der Waals surface area contributed by atoms with Crippen LogP contribution in [0.25, 0.3) is 0 Å². The highest BCUT2D eigenvalue weighted by molar-refractivity contribution is 6.14. The van der Waals surface area contributed by atoms with Gasteiger partial charge in [-0.3, -0.25) is 0 Å². The third-order valence-electron chi connectivity index (χ3n) is 3.58. The van der Waals surface area contributed by atoms with Gasteiger partial charge in [0.2, 0.25) is 0 Å². The second-order valence-electron chi connectivity index (χ2n) is 6.59. The molecule has 1 unspecified atom stereocenters. The zero-order chi connectivity index (χ0) is 10.6. The lowest BCUT2D eigenvalue weighted by molar-refractivity contribution is 0.247. The van der Waals surface area contributed by atoms with Crippen LogP contribution in [0, 0.1) is 11.8 Å². The summed E-state index contributed by atoms with van der Waals surface area (Å²) in [7, 11) is 2.35. The Labute approximate surface area is 91.3 Å². The van der Waals surface area contributed by atoms with E-state index >= 15 is 0 Å². The Bertz CT molecular complexity index is 153. The van der Waals surface area contributed by atoms with Crippen molar-refractivity contribution in [2.45, 2.75) is 71.0 Å². The summed E-state index contributed by atoms with van der Waals surface area (Å²) >= 11 is 0. The predicted octanol–water partition coefficient (Wildman–Crippen LogP) is 3.81. The first kappa shape index (κ1) is 12.1. The molecule has 0 aromatic heterocycles. The lowest BCUT2D eigenvalue weighted by Crippen LogP contribution is -2.14. The van der Waals surface area contributed by atoms with Crippen LogP contribution in [0.4, 0.5) is 0 Å². The molecule has 0 amide bonds. The molecule has 0 spiro atoms. The minimum Gasteiger partial charge on any atom is -0.0672 e. The molecule has 1 heteroatoms. The minimum absolute atomic E-state index is 0.538. The summed E-state index contributed by atoms with van der Waals surface area (Å²) in [5.74, 6) is 2.07. The molecule has 1 aliphatic rings. The topological polar surface area (TPSA) is 0 Å². The maximum absolute atomic E-state index is 2.45. The average Bonchev–Trinajstić information content (AvgIpc) is 1.94. The Morgan fingerprint density at radius 1 is 1.36 bits per heavy atom. The normalized spacial score (nSPS) is 20.5. The van der Waals surface area contributed by atoms with Gasteiger partial charge in [0.25, 0.3) is 0 Å². The van der Waals surface area contributed by atoms with E-state index in [4.69, 9.17) is 0 Å². The van der Waals surface area contributed by atoms with Crippen molar-refractivity contribution >= 4 is 7.85 Å². The molecule has 0 aromatic carbocycles. The Balaban J connectivity index is 1.99. The quantitative estimate of drug-likeness (QED) is 0.564. The van der Waals surface area contributed by atoms with Gasteiger partial charge in [-0.2, -0.15) is 0 Å². The van der Waals surface area contributed by atoms with Crippen molar-refractivity contribution in [2.24, 2.45) is 11.8 Å². The van der Waals surface area contributed by atoms with Gasteiger partial charge in [0.15, 0.2) is 0 Å². The molecule has 0 aromatic rings. The third-order valence-corrected chi connectivity index (χ3v) is 3.58. The summed E-state index contributed by atoms with van der Waals surface area (Å²) < 4.78 is 0. The van der Waals surface area contributed by atoms with Crippen LogP contribution in [0.1, 0.15) is 65.7 Å². The van der Waals surface area contributed by atoms with E-state index in [1.807, 2.05) is 0 Å². The zero-order valence-corrected chi connectivity index (χ0v) is 10.6. The van der Waals surface area contributed by atoms with Gasteiger partial charge in [0.1, 0.15) is 7.85 Å². The smallest absolute Gasteiger partial charge is 0.0672 e. The molecular formula is C13H27B. The molecular weight excluding hydrogens is 167 g/mol. The number of rotatable bonds is 6. The molecule has 1 saturated carbocycles. The van der Waals surface area contributed by atoms with Crippen molar-refractivity contribution in [1.82, 2.24) is 0 Å². The van der Waals surface area contributed by atoms with E-state index in [0.717, 1.165) is 11.8 Å². The van der Waals surface area contributed by atoms with Crippen LogP contribution in [0.2, 0.25) is 5.31 Å². The first-order chi connectivity index (χ1) is 6.47. The van der Waals surface area contributed by atoms with Crippen molar-refractivity contribution in [1.29, 1.82) is 0 Å². The number of hydrogen-bond donors (Lipinski definition) is 0. The predicted molar refractivity (Wildman–Crippen MR) is 67.6 cm³/mol. The first-order valence-electron chi connectivity index (χ1n) is 6.47. The lowest BCUT2D eigenvalue weighted by atomic mass is 9.68. The van der Waals surface area contributed by atoms with E-state index < -0.39 is 0 Å². The number of hydrogen-bond acceptors (Lipinski definition) is 0. The molecule has 0 nitrogen and oxygen atoms in total. The van der Waals surface area contributed by atoms with Gasteiger partial charge in [0.05, 0.1) is 0 Å². The average molecular weight is 194 g/mol. The summed E-state index contributed by atoms with van der Waals surface area (Å²) in [6, 6.07) is 0. The highest BCUT2D eigenvalue weighted by atomic mass is 14.3. The molecule has 0 saturated heterocycles. The molecule has 14 heavy (non-hydrogen) atoms. The summed E-state index contributed by atoms with van der Waals surface area (Å²) in [5, 5.41) is 0.538. The first-order valence-corrected chi connectivity index (χ1v) is 6.47. The Morgan fingerprint density at radius 3 is 2.43 bits per heavy atom. The van der Waals surface area contributed by atoms with Crippen molar-refractivity contribution in [3.63, 3.8) is 0 Å². The molecule has 0 N–H and O–H groups in total. The van der Waals surface area contributed by atoms with E-state index in [0.29, 0.717) is 5.31 Å². The van der Waals surface area contributed by atoms with Crippen LogP contribution in [0.3, 0.4) is 0 Å². The summed E-state index contributed by atoms with van der Waals surface area (Å²) in [4.78, 5) is 0. The highest BCUT2D eigenvalue weighted by Gasteiger charge is 2.20. The van der Waals surface area contributed by atoms with Gasteiger partial charge >= 0.3 is 0 Å².